The first-order valence-corrected chi connectivity index (χ1v) is 8.26. The fourth-order valence-electron chi connectivity index (χ4n) is 3.09. The highest BCUT2D eigenvalue weighted by molar-refractivity contribution is 6.53. The van der Waals surface area contributed by atoms with Gasteiger partial charge in [-0.15, -0.1) is 0 Å². The second-order valence-corrected chi connectivity index (χ2v) is 5.95. The lowest BCUT2D eigenvalue weighted by Crippen LogP contribution is -2.28. The van der Waals surface area contributed by atoms with Gasteiger partial charge in [0.2, 0.25) is 5.78 Å². The first-order chi connectivity index (χ1) is 12.0. The van der Waals surface area contributed by atoms with Crippen LogP contribution in [-0.4, -0.2) is 46.8 Å². The number of hydrogen-bond donors (Lipinski definition) is 0. The van der Waals surface area contributed by atoms with Crippen molar-refractivity contribution in [1.29, 1.82) is 0 Å². The molecule has 1 heterocycles. The molecular weight excluding hydrogens is 320 g/mol. The van der Waals surface area contributed by atoms with Crippen molar-refractivity contribution in [3.63, 3.8) is 0 Å². The van der Waals surface area contributed by atoms with Crippen molar-refractivity contribution in [3.05, 3.63) is 47.3 Å². The summed E-state index contributed by atoms with van der Waals surface area (Å²) in [7, 11) is 1.65. The number of nitrogens with zero attached hydrogens (tertiary/aromatic N) is 2. The van der Waals surface area contributed by atoms with Crippen LogP contribution in [0.5, 0.6) is 0 Å². The maximum absolute atomic E-state index is 12.6. The van der Waals surface area contributed by atoms with Gasteiger partial charge in [0.1, 0.15) is 12.4 Å². The predicted octanol–water partition coefficient (Wildman–Crippen LogP) is 2.53. The molecule has 0 saturated carbocycles. The van der Waals surface area contributed by atoms with Crippen LogP contribution < -0.4 is 0 Å². The summed E-state index contributed by atoms with van der Waals surface area (Å²) in [4.78, 5) is 39.4. The van der Waals surface area contributed by atoms with Gasteiger partial charge in [0.15, 0.2) is 0 Å². The number of ether oxygens (including phenoxy) is 1. The van der Waals surface area contributed by atoms with E-state index >= 15 is 0 Å². The molecule has 130 valence electrons. The second-order valence-electron chi connectivity index (χ2n) is 5.95. The average Bonchev–Trinajstić information content (AvgIpc) is 2.98. The Labute approximate surface area is 146 Å². The fraction of sp³-hybridized carbons (Fsp3) is 0.316. The molecule has 1 aliphatic carbocycles. The molecule has 25 heavy (non-hydrogen) atoms. The van der Waals surface area contributed by atoms with E-state index in [4.69, 9.17) is 4.74 Å². The molecule has 1 aromatic heterocycles. The van der Waals surface area contributed by atoms with Gasteiger partial charge in [-0.1, -0.05) is 38.1 Å². The Morgan fingerprint density at radius 3 is 2.36 bits per heavy atom. The third-order valence-electron chi connectivity index (χ3n) is 4.54. The van der Waals surface area contributed by atoms with Gasteiger partial charge >= 0.3 is 5.97 Å². The number of rotatable bonds is 5. The SMILES string of the molecule is CCN(CC)COC(=O)c1cn(C)c2c1-c1ccccc1C(=O)C2=O. The van der Waals surface area contributed by atoms with Gasteiger partial charge in [-0.3, -0.25) is 14.5 Å². The lowest BCUT2D eigenvalue weighted by atomic mass is 9.86. The van der Waals surface area contributed by atoms with Crippen LogP contribution in [0.1, 0.15) is 45.1 Å². The van der Waals surface area contributed by atoms with Crippen molar-refractivity contribution < 1.29 is 19.1 Å². The maximum Gasteiger partial charge on any atom is 0.341 e. The first-order valence-electron chi connectivity index (χ1n) is 8.26. The topological polar surface area (TPSA) is 68.6 Å². The third-order valence-corrected chi connectivity index (χ3v) is 4.54. The number of hydrogen-bond acceptors (Lipinski definition) is 5. The highest BCUT2D eigenvalue weighted by Gasteiger charge is 2.36. The van der Waals surface area contributed by atoms with Gasteiger partial charge in [-0.2, -0.15) is 0 Å². The van der Waals surface area contributed by atoms with Crippen LogP contribution in [0.2, 0.25) is 0 Å². The monoisotopic (exact) mass is 340 g/mol. The zero-order valence-corrected chi connectivity index (χ0v) is 14.5. The van der Waals surface area contributed by atoms with Crippen molar-refractivity contribution >= 4 is 17.5 Å². The lowest BCUT2D eigenvalue weighted by molar-refractivity contribution is 0.0241. The molecule has 6 heteroatoms. The van der Waals surface area contributed by atoms with E-state index in [9.17, 15) is 14.4 Å². The molecule has 0 aliphatic heterocycles. The Kier molecular flexibility index (Phi) is 4.55. The van der Waals surface area contributed by atoms with Crippen LogP contribution in [0, 0.1) is 0 Å². The van der Waals surface area contributed by atoms with Gasteiger partial charge in [0.25, 0.3) is 5.78 Å². The van der Waals surface area contributed by atoms with Crippen LogP contribution in [0.25, 0.3) is 11.1 Å². The molecular formula is C19H20N2O4. The molecule has 1 aromatic carbocycles. The van der Waals surface area contributed by atoms with E-state index in [1.807, 2.05) is 18.7 Å². The molecule has 0 unspecified atom stereocenters. The largest absolute Gasteiger partial charge is 0.446 e. The number of benzene rings is 1. The van der Waals surface area contributed by atoms with Crippen LogP contribution in [0.4, 0.5) is 0 Å². The van der Waals surface area contributed by atoms with E-state index in [1.54, 1.807) is 37.5 Å². The van der Waals surface area contributed by atoms with Gasteiger partial charge in [-0.25, -0.2) is 4.79 Å². The Bertz CT molecular complexity index is 862. The summed E-state index contributed by atoms with van der Waals surface area (Å²) in [6.07, 6.45) is 1.56. The summed E-state index contributed by atoms with van der Waals surface area (Å²) in [5.74, 6) is -1.65. The Morgan fingerprint density at radius 1 is 1.08 bits per heavy atom. The number of aryl methyl sites for hydroxylation is 1. The number of esters is 1. The summed E-state index contributed by atoms with van der Waals surface area (Å²) >= 11 is 0. The number of aromatic nitrogens is 1. The molecule has 0 saturated heterocycles. The van der Waals surface area contributed by atoms with Crippen molar-refractivity contribution in [1.82, 2.24) is 9.47 Å². The van der Waals surface area contributed by atoms with Crippen LogP contribution in [0.15, 0.2) is 30.5 Å². The Hall–Kier alpha value is -2.73. The van der Waals surface area contributed by atoms with Crippen LogP contribution >= 0.6 is 0 Å². The number of carbonyl (C=O) groups is 3. The third kappa shape index (κ3) is 2.78. The minimum Gasteiger partial charge on any atom is -0.446 e. The molecule has 0 spiro atoms. The molecule has 3 rings (SSSR count). The second kappa shape index (κ2) is 6.64. The van der Waals surface area contributed by atoms with Crippen molar-refractivity contribution in [2.45, 2.75) is 13.8 Å². The van der Waals surface area contributed by atoms with E-state index in [0.29, 0.717) is 22.3 Å². The molecule has 0 radical (unpaired) electrons. The van der Waals surface area contributed by atoms with Gasteiger partial charge < -0.3 is 9.30 Å². The Morgan fingerprint density at radius 2 is 1.72 bits per heavy atom. The average molecular weight is 340 g/mol. The summed E-state index contributed by atoms with van der Waals surface area (Å²) in [5.41, 5.74) is 1.94. The van der Waals surface area contributed by atoms with Crippen LogP contribution in [-0.2, 0) is 11.8 Å². The molecule has 0 amide bonds. The Balaban J connectivity index is 2.04. The molecule has 0 fully saturated rings. The quantitative estimate of drug-likeness (QED) is 0.475. The minimum atomic E-state index is -0.598. The number of carbonyl (C=O) groups excluding carboxylic acids is 3. The maximum atomic E-state index is 12.6. The normalized spacial score (nSPS) is 13.0. The predicted molar refractivity (Wildman–Crippen MR) is 92.7 cm³/mol. The number of Topliss-reactive ketones (excluding diaryl/α,β-unsaturated/α-hetero) is 2. The molecule has 0 atom stereocenters. The number of fused-ring (bicyclic) bond motifs is 3. The van der Waals surface area contributed by atoms with Crippen molar-refractivity contribution in [2.24, 2.45) is 7.05 Å². The summed E-state index contributed by atoms with van der Waals surface area (Å²) < 4.78 is 6.93. The molecule has 2 aromatic rings. The van der Waals surface area contributed by atoms with Gasteiger partial charge in [0, 0.05) is 24.4 Å². The smallest absolute Gasteiger partial charge is 0.341 e. The summed E-state index contributed by atoms with van der Waals surface area (Å²) in [5, 5.41) is 0. The zero-order valence-electron chi connectivity index (χ0n) is 14.5. The van der Waals surface area contributed by atoms with E-state index in [-0.39, 0.29) is 12.4 Å². The van der Waals surface area contributed by atoms with E-state index < -0.39 is 17.5 Å². The summed E-state index contributed by atoms with van der Waals surface area (Å²) in [6, 6.07) is 6.84. The zero-order chi connectivity index (χ0) is 18.1. The van der Waals surface area contributed by atoms with E-state index in [0.717, 1.165) is 13.1 Å². The van der Waals surface area contributed by atoms with Gasteiger partial charge in [-0.05, 0) is 18.7 Å². The van der Waals surface area contributed by atoms with E-state index in [2.05, 4.69) is 0 Å². The highest BCUT2D eigenvalue weighted by Crippen LogP contribution is 2.37. The highest BCUT2D eigenvalue weighted by atomic mass is 16.5. The molecule has 0 bridgehead atoms. The van der Waals surface area contributed by atoms with E-state index in [1.165, 1.54) is 4.57 Å². The molecule has 1 aliphatic rings. The van der Waals surface area contributed by atoms with Crippen molar-refractivity contribution in [3.8, 4) is 11.1 Å². The minimum absolute atomic E-state index is 0.185. The molecule has 0 N–H and O–H groups in total. The van der Waals surface area contributed by atoms with Gasteiger partial charge in [0.05, 0.1) is 5.56 Å². The fourth-order valence-corrected chi connectivity index (χ4v) is 3.09. The summed E-state index contributed by atoms with van der Waals surface area (Å²) in [6.45, 7) is 5.70. The van der Waals surface area contributed by atoms with Crippen molar-refractivity contribution in [2.75, 3.05) is 19.8 Å². The standard InChI is InChI=1S/C19H20N2O4/c1-4-21(5-2)11-25-19(24)14-10-20(3)16-15(14)12-8-6-7-9-13(12)17(22)18(16)23/h6-10H,4-5,11H2,1-3H3. The molecule has 6 nitrogen and oxygen atoms in total. The lowest BCUT2D eigenvalue weighted by Gasteiger charge is -2.19. The number of ketones is 2. The first kappa shape index (κ1) is 17.1. The van der Waals surface area contributed by atoms with Crippen LogP contribution in [0.3, 0.4) is 0 Å².